The molecule has 13 heteroatoms. The summed E-state index contributed by atoms with van der Waals surface area (Å²) in [5.74, 6) is -3.08. The lowest BCUT2D eigenvalue weighted by Crippen LogP contribution is -2.42. The highest BCUT2D eigenvalue weighted by Gasteiger charge is 2.39. The monoisotopic (exact) mass is 444 g/mol. The van der Waals surface area contributed by atoms with E-state index in [1.54, 1.807) is 13.8 Å². The van der Waals surface area contributed by atoms with Crippen LogP contribution in [-0.2, 0) is 19.5 Å². The van der Waals surface area contributed by atoms with Crippen molar-refractivity contribution in [2.24, 2.45) is 0 Å². The summed E-state index contributed by atoms with van der Waals surface area (Å²) in [7, 11) is -4.03. The summed E-state index contributed by atoms with van der Waals surface area (Å²) in [5, 5.41) is 10.2. The number of likely N-dealkylation sites (N-methyl/N-ethyl adjacent to an activating group) is 1. The molecule has 29 heavy (non-hydrogen) atoms. The lowest BCUT2D eigenvalue weighted by Gasteiger charge is -2.25. The van der Waals surface area contributed by atoms with Crippen molar-refractivity contribution in [1.29, 1.82) is 0 Å². The first-order valence-corrected chi connectivity index (χ1v) is 9.75. The van der Waals surface area contributed by atoms with Crippen LogP contribution in [0.5, 0.6) is 0 Å². The molecular formula is C16H20F4N2O6S. The number of ether oxygens (including phenoxy) is 2. The Balaban J connectivity index is 2.25. The van der Waals surface area contributed by atoms with Crippen molar-refractivity contribution in [2.75, 3.05) is 20.2 Å². The standard InChI is InChI=1S/C16H20F4N2O6S/c1-15(2)27-8-12(28-15)11(23)7-22(3)14(24)10-6-9(17)4-5-13(10)29(25,26)21-16(18,19)20/h4-6,11-12,21,23H,7-8H2,1-3H3. The van der Waals surface area contributed by atoms with Crippen LogP contribution in [0.15, 0.2) is 23.1 Å². The van der Waals surface area contributed by atoms with Crippen LogP contribution >= 0.6 is 0 Å². The molecule has 2 N–H and O–H groups in total. The van der Waals surface area contributed by atoms with Gasteiger partial charge in [-0.25, -0.2) is 12.8 Å². The van der Waals surface area contributed by atoms with Crippen molar-refractivity contribution in [2.45, 2.75) is 43.0 Å². The zero-order chi connectivity index (χ0) is 22.2. The number of rotatable bonds is 6. The zero-order valence-corrected chi connectivity index (χ0v) is 16.5. The van der Waals surface area contributed by atoms with Crippen LogP contribution in [-0.4, -0.2) is 68.8 Å². The number of hydrogen-bond donors (Lipinski definition) is 2. The van der Waals surface area contributed by atoms with E-state index in [9.17, 15) is 35.9 Å². The molecule has 1 saturated heterocycles. The van der Waals surface area contributed by atoms with E-state index in [4.69, 9.17) is 9.47 Å². The van der Waals surface area contributed by atoms with E-state index in [1.165, 1.54) is 7.05 Å². The Morgan fingerprint density at radius 2 is 2.03 bits per heavy atom. The average Bonchev–Trinajstić information content (AvgIpc) is 2.91. The van der Waals surface area contributed by atoms with Crippen LogP contribution in [0.4, 0.5) is 17.6 Å². The van der Waals surface area contributed by atoms with E-state index >= 15 is 0 Å². The number of hydrogen-bond acceptors (Lipinski definition) is 6. The van der Waals surface area contributed by atoms with Crippen molar-refractivity contribution in [3.05, 3.63) is 29.6 Å². The van der Waals surface area contributed by atoms with Gasteiger partial charge in [-0.2, -0.15) is 13.2 Å². The summed E-state index contributed by atoms with van der Waals surface area (Å²) in [6.45, 7) is 2.90. The van der Waals surface area contributed by atoms with Gasteiger partial charge in [0.05, 0.1) is 17.1 Å². The quantitative estimate of drug-likeness (QED) is 0.505. The highest BCUT2D eigenvalue weighted by Crippen LogP contribution is 2.25. The fourth-order valence-corrected chi connectivity index (χ4v) is 3.80. The number of carbonyl (C=O) groups excluding carboxylic acids is 1. The molecule has 1 amide bonds. The first-order chi connectivity index (χ1) is 13.1. The Morgan fingerprint density at radius 1 is 1.41 bits per heavy atom. The molecule has 0 aromatic heterocycles. The number of carbonyl (C=O) groups is 1. The lowest BCUT2D eigenvalue weighted by atomic mass is 10.1. The summed E-state index contributed by atoms with van der Waals surface area (Å²) in [6.07, 6.45) is -7.32. The topological polar surface area (TPSA) is 105 Å². The fourth-order valence-electron chi connectivity index (χ4n) is 2.70. The SMILES string of the molecule is CN(CC(O)C1COC(C)(C)O1)C(=O)c1cc(F)ccc1S(=O)(=O)NC(F)(F)F. The number of nitrogens with zero attached hydrogens (tertiary/aromatic N) is 1. The predicted molar refractivity (Wildman–Crippen MR) is 90.6 cm³/mol. The Bertz CT molecular complexity index is 875. The molecule has 2 rings (SSSR count). The molecule has 8 nitrogen and oxygen atoms in total. The zero-order valence-electron chi connectivity index (χ0n) is 15.7. The van der Waals surface area contributed by atoms with Gasteiger partial charge in [-0.1, -0.05) is 0 Å². The van der Waals surface area contributed by atoms with Gasteiger partial charge >= 0.3 is 6.30 Å². The summed E-state index contributed by atoms with van der Waals surface area (Å²) in [4.78, 5) is 12.4. The largest absolute Gasteiger partial charge is 0.470 e. The van der Waals surface area contributed by atoms with E-state index in [-0.39, 0.29) is 13.2 Å². The third-order valence-corrected chi connectivity index (χ3v) is 5.41. The van der Waals surface area contributed by atoms with Gasteiger partial charge in [0.25, 0.3) is 5.91 Å². The predicted octanol–water partition coefficient (Wildman–Crippen LogP) is 1.21. The minimum absolute atomic E-state index is 0.0330. The molecule has 1 heterocycles. The molecule has 1 fully saturated rings. The number of aliphatic hydroxyl groups excluding tert-OH is 1. The molecule has 0 radical (unpaired) electrons. The van der Waals surface area contributed by atoms with Gasteiger partial charge in [0.15, 0.2) is 5.79 Å². The third-order valence-electron chi connectivity index (χ3n) is 3.98. The Kier molecular flexibility index (Phi) is 6.59. The highest BCUT2D eigenvalue weighted by atomic mass is 32.2. The van der Waals surface area contributed by atoms with Crippen LogP contribution in [0.25, 0.3) is 0 Å². The number of halogens is 4. The second-order valence-electron chi connectivity index (χ2n) is 6.86. The first kappa shape index (κ1) is 23.5. The molecule has 0 bridgehead atoms. The molecule has 2 unspecified atom stereocenters. The minimum atomic E-state index is -5.29. The summed E-state index contributed by atoms with van der Waals surface area (Å²) in [6, 6.07) is 1.67. The van der Waals surface area contributed by atoms with Gasteiger partial charge in [0.1, 0.15) is 18.0 Å². The maximum Gasteiger partial charge on any atom is 0.470 e. The average molecular weight is 444 g/mol. The molecule has 164 valence electrons. The molecule has 0 saturated carbocycles. The Morgan fingerprint density at radius 3 is 2.55 bits per heavy atom. The number of aliphatic hydroxyl groups is 1. The van der Waals surface area contributed by atoms with Crippen LogP contribution in [0.2, 0.25) is 0 Å². The first-order valence-electron chi connectivity index (χ1n) is 8.27. The number of alkyl halides is 3. The number of sulfonamides is 1. The summed E-state index contributed by atoms with van der Waals surface area (Å²) in [5.41, 5.74) is -0.819. The smallest absolute Gasteiger partial charge is 0.388 e. The maximum absolute atomic E-state index is 13.6. The Labute approximate surface area is 164 Å². The molecule has 1 aliphatic heterocycles. The number of amides is 1. The van der Waals surface area contributed by atoms with Crippen LogP contribution < -0.4 is 4.72 Å². The van der Waals surface area contributed by atoms with Crippen molar-refractivity contribution in [1.82, 2.24) is 9.62 Å². The molecule has 0 spiro atoms. The molecule has 1 aromatic rings. The second-order valence-corrected chi connectivity index (χ2v) is 8.51. The maximum atomic E-state index is 13.6. The van der Waals surface area contributed by atoms with E-state index in [0.717, 1.165) is 4.90 Å². The van der Waals surface area contributed by atoms with Gasteiger partial charge < -0.3 is 19.5 Å². The molecule has 1 aromatic carbocycles. The normalized spacial score (nSPS) is 20.5. The van der Waals surface area contributed by atoms with Crippen molar-refractivity contribution in [3.8, 4) is 0 Å². The van der Waals surface area contributed by atoms with Crippen molar-refractivity contribution >= 4 is 15.9 Å². The highest BCUT2D eigenvalue weighted by molar-refractivity contribution is 7.89. The fraction of sp³-hybridized carbons (Fsp3) is 0.562. The third kappa shape index (κ3) is 6.09. The molecule has 2 atom stereocenters. The lowest BCUT2D eigenvalue weighted by molar-refractivity contribution is -0.151. The van der Waals surface area contributed by atoms with Gasteiger partial charge in [-0.15, -0.1) is 4.72 Å². The minimum Gasteiger partial charge on any atom is -0.388 e. The van der Waals surface area contributed by atoms with E-state index < -0.39 is 56.5 Å². The van der Waals surface area contributed by atoms with Crippen molar-refractivity contribution in [3.63, 3.8) is 0 Å². The number of nitrogens with one attached hydrogen (secondary N) is 1. The van der Waals surface area contributed by atoms with E-state index in [2.05, 4.69) is 0 Å². The molecule has 1 aliphatic rings. The van der Waals surface area contributed by atoms with E-state index in [0.29, 0.717) is 22.9 Å². The summed E-state index contributed by atoms with van der Waals surface area (Å²) >= 11 is 0. The van der Waals surface area contributed by atoms with Crippen LogP contribution in [0.3, 0.4) is 0 Å². The molecule has 0 aliphatic carbocycles. The Hall–Kier alpha value is -1.80. The van der Waals surface area contributed by atoms with Gasteiger partial charge in [0, 0.05) is 13.6 Å². The second kappa shape index (κ2) is 8.14. The van der Waals surface area contributed by atoms with Crippen LogP contribution in [0, 0.1) is 5.82 Å². The summed E-state index contributed by atoms with van der Waals surface area (Å²) < 4.78 is 86.3. The van der Waals surface area contributed by atoms with E-state index in [1.807, 2.05) is 0 Å². The number of benzene rings is 1. The van der Waals surface area contributed by atoms with Gasteiger partial charge in [0.2, 0.25) is 10.0 Å². The van der Waals surface area contributed by atoms with Gasteiger partial charge in [-0.05, 0) is 32.0 Å². The van der Waals surface area contributed by atoms with Crippen LogP contribution in [0.1, 0.15) is 24.2 Å². The van der Waals surface area contributed by atoms with Crippen molar-refractivity contribution < 1.29 is 45.4 Å². The molecular weight excluding hydrogens is 424 g/mol. The van der Waals surface area contributed by atoms with Gasteiger partial charge in [-0.3, -0.25) is 4.79 Å².